The highest BCUT2D eigenvalue weighted by atomic mass is 16.1. The Kier molecular flexibility index (Phi) is 4.27. The number of likely N-dealkylation sites (tertiary alicyclic amines) is 1. The van der Waals surface area contributed by atoms with Gasteiger partial charge in [0.1, 0.15) is 5.69 Å². The molecule has 0 aromatic carbocycles. The third-order valence-electron chi connectivity index (χ3n) is 4.29. The third-order valence-corrected chi connectivity index (χ3v) is 4.29. The fourth-order valence-corrected chi connectivity index (χ4v) is 2.63. The van der Waals surface area contributed by atoms with Gasteiger partial charge in [0.05, 0.1) is 0 Å². The molecule has 106 valence electrons. The molecule has 0 unspecified atom stereocenters. The maximum atomic E-state index is 12.0. The van der Waals surface area contributed by atoms with Crippen molar-refractivity contribution in [2.24, 2.45) is 0 Å². The first kappa shape index (κ1) is 14.1. The molecule has 1 fully saturated rings. The van der Waals surface area contributed by atoms with Crippen molar-refractivity contribution in [2.45, 2.75) is 18.4 Å². The van der Waals surface area contributed by atoms with E-state index in [0.717, 1.165) is 25.9 Å². The Hall–Kier alpha value is -1.33. The van der Waals surface area contributed by atoms with Gasteiger partial charge in [0.2, 0.25) is 0 Å². The lowest BCUT2D eigenvalue weighted by Gasteiger charge is -2.45. The highest BCUT2D eigenvalue weighted by Gasteiger charge is 2.36. The summed E-state index contributed by atoms with van der Waals surface area (Å²) in [5.74, 6) is -0.0230. The molecule has 2 N–H and O–H groups in total. The van der Waals surface area contributed by atoms with E-state index in [2.05, 4.69) is 41.2 Å². The van der Waals surface area contributed by atoms with Crippen molar-refractivity contribution in [3.8, 4) is 0 Å². The number of carbonyl (C=O) groups is 1. The molecule has 0 bridgehead atoms. The van der Waals surface area contributed by atoms with Crippen LogP contribution in [0.1, 0.15) is 23.3 Å². The first-order valence-electron chi connectivity index (χ1n) is 6.81. The summed E-state index contributed by atoms with van der Waals surface area (Å²) in [7, 11) is 6.36. The monoisotopic (exact) mass is 264 g/mol. The van der Waals surface area contributed by atoms with Crippen molar-refractivity contribution in [3.05, 3.63) is 24.0 Å². The van der Waals surface area contributed by atoms with Crippen molar-refractivity contribution in [2.75, 3.05) is 40.8 Å². The molecule has 5 heteroatoms. The van der Waals surface area contributed by atoms with E-state index in [9.17, 15) is 4.79 Å². The number of aromatic amines is 1. The van der Waals surface area contributed by atoms with Crippen LogP contribution in [0.3, 0.4) is 0 Å². The zero-order valence-electron chi connectivity index (χ0n) is 12.1. The Morgan fingerprint density at radius 3 is 2.68 bits per heavy atom. The SMILES string of the molecule is CN1CCC(CNC(=O)c2ccc[nH]2)(N(C)C)CC1. The fraction of sp³-hybridized carbons (Fsp3) is 0.643. The lowest BCUT2D eigenvalue weighted by molar-refractivity contribution is 0.0610. The molecule has 2 heterocycles. The molecule has 5 nitrogen and oxygen atoms in total. The number of aromatic nitrogens is 1. The van der Waals surface area contributed by atoms with Crippen LogP contribution in [-0.4, -0.2) is 67.0 Å². The van der Waals surface area contributed by atoms with Gasteiger partial charge in [-0.3, -0.25) is 4.79 Å². The van der Waals surface area contributed by atoms with Gasteiger partial charge in [0.25, 0.3) is 5.91 Å². The number of carbonyl (C=O) groups excluding carboxylic acids is 1. The van der Waals surface area contributed by atoms with E-state index in [1.165, 1.54) is 0 Å². The van der Waals surface area contributed by atoms with Crippen LogP contribution in [0.2, 0.25) is 0 Å². The van der Waals surface area contributed by atoms with E-state index >= 15 is 0 Å². The highest BCUT2D eigenvalue weighted by molar-refractivity contribution is 5.92. The van der Waals surface area contributed by atoms with Crippen LogP contribution in [0, 0.1) is 0 Å². The molecule has 19 heavy (non-hydrogen) atoms. The summed E-state index contributed by atoms with van der Waals surface area (Å²) in [6.45, 7) is 2.86. The Labute approximate surface area is 115 Å². The minimum absolute atomic E-state index is 0.0230. The second-order valence-corrected chi connectivity index (χ2v) is 5.69. The molecule has 0 saturated carbocycles. The summed E-state index contributed by atoms with van der Waals surface area (Å²) in [6, 6.07) is 3.64. The van der Waals surface area contributed by atoms with Crippen molar-refractivity contribution in [3.63, 3.8) is 0 Å². The topological polar surface area (TPSA) is 51.4 Å². The minimum Gasteiger partial charge on any atom is -0.357 e. The van der Waals surface area contributed by atoms with Crippen LogP contribution in [0.5, 0.6) is 0 Å². The molecule has 1 aromatic heterocycles. The summed E-state index contributed by atoms with van der Waals surface area (Å²) < 4.78 is 0. The number of amides is 1. The highest BCUT2D eigenvalue weighted by Crippen LogP contribution is 2.25. The normalized spacial score (nSPS) is 19.6. The van der Waals surface area contributed by atoms with E-state index in [1.807, 2.05) is 6.07 Å². The van der Waals surface area contributed by atoms with Crippen molar-refractivity contribution in [1.29, 1.82) is 0 Å². The summed E-state index contributed by atoms with van der Waals surface area (Å²) in [5, 5.41) is 3.06. The molecule has 0 atom stereocenters. The van der Waals surface area contributed by atoms with Crippen LogP contribution in [0.4, 0.5) is 0 Å². The third kappa shape index (κ3) is 3.16. The average Bonchev–Trinajstić information content (AvgIpc) is 2.92. The van der Waals surface area contributed by atoms with Gasteiger partial charge in [-0.05, 0) is 59.2 Å². The van der Waals surface area contributed by atoms with Crippen LogP contribution in [-0.2, 0) is 0 Å². The van der Waals surface area contributed by atoms with Crippen molar-refractivity contribution < 1.29 is 4.79 Å². The summed E-state index contributed by atoms with van der Waals surface area (Å²) >= 11 is 0. The number of piperidine rings is 1. The van der Waals surface area contributed by atoms with E-state index in [1.54, 1.807) is 12.3 Å². The van der Waals surface area contributed by atoms with Gasteiger partial charge < -0.3 is 20.1 Å². The second-order valence-electron chi connectivity index (χ2n) is 5.69. The lowest BCUT2D eigenvalue weighted by Crippen LogP contribution is -2.57. The van der Waals surface area contributed by atoms with Crippen LogP contribution in [0.15, 0.2) is 18.3 Å². The summed E-state index contributed by atoms with van der Waals surface area (Å²) in [4.78, 5) is 19.5. The molecule has 1 saturated heterocycles. The largest absolute Gasteiger partial charge is 0.357 e. The van der Waals surface area contributed by atoms with Crippen molar-refractivity contribution >= 4 is 5.91 Å². The number of hydrogen-bond acceptors (Lipinski definition) is 3. The molecule has 1 aliphatic heterocycles. The molecule has 1 aromatic rings. The standard InChI is InChI=1S/C14H24N4O/c1-17(2)14(6-9-18(3)10-7-14)11-16-13(19)12-5-4-8-15-12/h4-5,8,15H,6-7,9-11H2,1-3H3,(H,16,19). The van der Waals surface area contributed by atoms with Crippen LogP contribution in [0.25, 0.3) is 0 Å². The predicted octanol–water partition coefficient (Wildman–Crippen LogP) is 0.770. The van der Waals surface area contributed by atoms with Gasteiger partial charge >= 0.3 is 0 Å². The first-order valence-corrected chi connectivity index (χ1v) is 6.81. The number of nitrogens with zero attached hydrogens (tertiary/aromatic N) is 2. The van der Waals surface area contributed by atoms with Crippen LogP contribution < -0.4 is 5.32 Å². The molecule has 0 radical (unpaired) electrons. The maximum Gasteiger partial charge on any atom is 0.267 e. The quantitative estimate of drug-likeness (QED) is 0.844. The maximum absolute atomic E-state index is 12.0. The smallest absolute Gasteiger partial charge is 0.267 e. The zero-order valence-corrected chi connectivity index (χ0v) is 12.1. The molecular formula is C14H24N4O. The lowest BCUT2D eigenvalue weighted by atomic mass is 9.86. The van der Waals surface area contributed by atoms with E-state index in [-0.39, 0.29) is 11.4 Å². The zero-order chi connectivity index (χ0) is 13.9. The molecule has 1 aliphatic rings. The Bertz CT molecular complexity index is 405. The Morgan fingerprint density at radius 2 is 2.16 bits per heavy atom. The summed E-state index contributed by atoms with van der Waals surface area (Å²) in [6.07, 6.45) is 3.94. The Balaban J connectivity index is 1.96. The van der Waals surface area contributed by atoms with Gasteiger partial charge in [0.15, 0.2) is 0 Å². The molecule has 1 amide bonds. The fourth-order valence-electron chi connectivity index (χ4n) is 2.63. The molecule has 0 spiro atoms. The van der Waals surface area contributed by atoms with Gasteiger partial charge in [-0.2, -0.15) is 0 Å². The Morgan fingerprint density at radius 1 is 1.47 bits per heavy atom. The van der Waals surface area contributed by atoms with E-state index < -0.39 is 0 Å². The average molecular weight is 264 g/mol. The number of nitrogens with one attached hydrogen (secondary N) is 2. The molecule has 2 rings (SSSR count). The van der Waals surface area contributed by atoms with Gasteiger partial charge in [0, 0.05) is 18.3 Å². The van der Waals surface area contributed by atoms with E-state index in [0.29, 0.717) is 12.2 Å². The predicted molar refractivity (Wildman–Crippen MR) is 76.3 cm³/mol. The summed E-state index contributed by atoms with van der Waals surface area (Å²) in [5.41, 5.74) is 0.705. The number of likely N-dealkylation sites (N-methyl/N-ethyl adjacent to an activating group) is 1. The molecular weight excluding hydrogens is 240 g/mol. The number of hydrogen-bond donors (Lipinski definition) is 2. The number of rotatable bonds is 4. The first-order chi connectivity index (χ1) is 9.03. The van der Waals surface area contributed by atoms with Gasteiger partial charge in [-0.1, -0.05) is 0 Å². The van der Waals surface area contributed by atoms with Gasteiger partial charge in [-0.15, -0.1) is 0 Å². The van der Waals surface area contributed by atoms with Gasteiger partial charge in [-0.25, -0.2) is 0 Å². The van der Waals surface area contributed by atoms with Crippen molar-refractivity contribution in [1.82, 2.24) is 20.1 Å². The second kappa shape index (κ2) is 5.75. The van der Waals surface area contributed by atoms with E-state index in [4.69, 9.17) is 0 Å². The number of H-pyrrole nitrogens is 1. The minimum atomic E-state index is -0.0230. The molecule has 0 aliphatic carbocycles. The van der Waals surface area contributed by atoms with Crippen LogP contribution >= 0.6 is 0 Å².